The maximum atomic E-state index is 12.6. The molecule has 0 amide bonds. The predicted molar refractivity (Wildman–Crippen MR) is 84.7 cm³/mol. The fraction of sp³-hybridized carbons (Fsp3) is 0.235. The molecular formula is C17H17NO2S. The zero-order valence-corrected chi connectivity index (χ0v) is 12.7. The fourth-order valence-electron chi connectivity index (χ4n) is 2.58. The van der Waals surface area contributed by atoms with E-state index in [9.17, 15) is 4.79 Å². The zero-order valence-electron chi connectivity index (χ0n) is 11.8. The Kier molecular flexibility index (Phi) is 3.80. The molecule has 2 N–H and O–H groups in total. The van der Waals surface area contributed by atoms with Crippen molar-refractivity contribution in [2.75, 3.05) is 0 Å². The summed E-state index contributed by atoms with van der Waals surface area (Å²) in [5, 5.41) is 1.93. The molecule has 0 fully saturated rings. The van der Waals surface area contributed by atoms with Gasteiger partial charge in [0.1, 0.15) is 0 Å². The lowest BCUT2D eigenvalue weighted by Gasteiger charge is -2.07. The highest BCUT2D eigenvalue weighted by atomic mass is 32.1. The van der Waals surface area contributed by atoms with Gasteiger partial charge in [-0.1, -0.05) is 43.7 Å². The molecule has 108 valence electrons. The van der Waals surface area contributed by atoms with Crippen molar-refractivity contribution in [1.82, 2.24) is 0 Å². The molecule has 0 bridgehead atoms. The van der Waals surface area contributed by atoms with Gasteiger partial charge < -0.3 is 10.5 Å². The molecule has 0 saturated heterocycles. The van der Waals surface area contributed by atoms with Crippen molar-refractivity contribution in [3.05, 3.63) is 63.7 Å². The summed E-state index contributed by atoms with van der Waals surface area (Å²) in [6.07, 6.45) is 1.47. The number of aryl methyl sites for hydroxylation is 1. The standard InChI is InChI=1S/C17H17NO2S/c1-2-5-11-6-3-7-12(10-11)14-15(19)16(20-17(14)18)13-8-4-9-21-13/h3-4,6-10,16H,2,5,18H2,1H3. The average molecular weight is 299 g/mol. The van der Waals surface area contributed by atoms with Crippen molar-refractivity contribution in [3.63, 3.8) is 0 Å². The Morgan fingerprint density at radius 3 is 2.86 bits per heavy atom. The fourth-order valence-corrected chi connectivity index (χ4v) is 3.33. The van der Waals surface area contributed by atoms with Crippen LogP contribution in [0.15, 0.2) is 47.7 Å². The number of Topliss-reactive ketones (excluding diaryl/α,β-unsaturated/α-hetero) is 1. The molecule has 1 aromatic carbocycles. The van der Waals surface area contributed by atoms with Crippen LogP contribution in [0.2, 0.25) is 0 Å². The van der Waals surface area contributed by atoms with Crippen LogP contribution in [0, 0.1) is 0 Å². The number of ketones is 1. The maximum absolute atomic E-state index is 12.6. The van der Waals surface area contributed by atoms with Crippen molar-refractivity contribution in [2.24, 2.45) is 5.73 Å². The predicted octanol–water partition coefficient (Wildman–Crippen LogP) is 3.67. The minimum Gasteiger partial charge on any atom is -0.461 e. The normalized spacial score (nSPS) is 18.1. The number of ether oxygens (including phenoxy) is 1. The molecule has 4 heteroatoms. The van der Waals surface area contributed by atoms with Gasteiger partial charge in [-0.3, -0.25) is 4.79 Å². The van der Waals surface area contributed by atoms with Crippen molar-refractivity contribution >= 4 is 22.7 Å². The molecule has 1 aromatic heterocycles. The van der Waals surface area contributed by atoms with Crippen LogP contribution in [-0.2, 0) is 16.0 Å². The molecule has 0 aliphatic carbocycles. The first kappa shape index (κ1) is 13.9. The van der Waals surface area contributed by atoms with E-state index in [1.807, 2.05) is 35.7 Å². The first-order valence-electron chi connectivity index (χ1n) is 7.04. The summed E-state index contributed by atoms with van der Waals surface area (Å²) >= 11 is 1.51. The van der Waals surface area contributed by atoms with Crippen molar-refractivity contribution in [1.29, 1.82) is 0 Å². The molecule has 1 aliphatic rings. The number of rotatable bonds is 4. The van der Waals surface area contributed by atoms with Crippen LogP contribution in [0.5, 0.6) is 0 Å². The molecule has 3 rings (SSSR count). The van der Waals surface area contributed by atoms with E-state index in [-0.39, 0.29) is 11.7 Å². The van der Waals surface area contributed by atoms with Crippen molar-refractivity contribution < 1.29 is 9.53 Å². The molecule has 1 atom stereocenters. The lowest BCUT2D eigenvalue weighted by molar-refractivity contribution is -0.120. The molecule has 1 aliphatic heterocycles. The topological polar surface area (TPSA) is 52.3 Å². The summed E-state index contributed by atoms with van der Waals surface area (Å²) in [6.45, 7) is 2.14. The second-order valence-electron chi connectivity index (χ2n) is 5.07. The summed E-state index contributed by atoms with van der Waals surface area (Å²) in [5.74, 6) is 0.177. The highest BCUT2D eigenvalue weighted by Crippen LogP contribution is 2.37. The van der Waals surface area contributed by atoms with E-state index >= 15 is 0 Å². The monoisotopic (exact) mass is 299 g/mol. The Labute approximate surface area is 128 Å². The number of hydrogen-bond donors (Lipinski definition) is 1. The van der Waals surface area contributed by atoms with Crippen LogP contribution >= 0.6 is 11.3 Å². The van der Waals surface area contributed by atoms with Crippen molar-refractivity contribution in [3.8, 4) is 0 Å². The number of thiophene rings is 1. The number of nitrogens with two attached hydrogens (primary N) is 1. The van der Waals surface area contributed by atoms with Gasteiger partial charge in [-0.15, -0.1) is 11.3 Å². The SMILES string of the molecule is CCCc1cccc(C2=C(N)OC(c3cccs3)C2=O)c1. The summed E-state index contributed by atoms with van der Waals surface area (Å²) < 4.78 is 5.60. The van der Waals surface area contributed by atoms with Gasteiger partial charge >= 0.3 is 0 Å². The van der Waals surface area contributed by atoms with E-state index < -0.39 is 6.10 Å². The van der Waals surface area contributed by atoms with Gasteiger partial charge in [0.2, 0.25) is 5.78 Å². The number of carbonyl (C=O) groups is 1. The third-order valence-electron chi connectivity index (χ3n) is 3.53. The number of carbonyl (C=O) groups excluding carboxylic acids is 1. The Hall–Kier alpha value is -2.07. The van der Waals surface area contributed by atoms with Gasteiger partial charge in [-0.2, -0.15) is 0 Å². The summed E-state index contributed by atoms with van der Waals surface area (Å²) in [4.78, 5) is 13.5. The van der Waals surface area contributed by atoms with Gasteiger partial charge in [0, 0.05) is 0 Å². The Morgan fingerprint density at radius 1 is 1.29 bits per heavy atom. The summed E-state index contributed by atoms with van der Waals surface area (Å²) in [5.41, 5.74) is 8.53. The second kappa shape index (κ2) is 5.74. The van der Waals surface area contributed by atoms with Crippen molar-refractivity contribution in [2.45, 2.75) is 25.9 Å². The molecule has 1 unspecified atom stereocenters. The third-order valence-corrected chi connectivity index (χ3v) is 4.45. The number of benzene rings is 1. The second-order valence-corrected chi connectivity index (χ2v) is 6.05. The molecular weight excluding hydrogens is 282 g/mol. The van der Waals surface area contributed by atoms with Crippen LogP contribution in [0.3, 0.4) is 0 Å². The lowest BCUT2D eigenvalue weighted by Crippen LogP contribution is -2.08. The molecule has 0 radical (unpaired) electrons. The molecule has 2 aromatic rings. The minimum absolute atomic E-state index is 0.0522. The first-order chi connectivity index (χ1) is 10.2. The molecule has 21 heavy (non-hydrogen) atoms. The van der Waals surface area contributed by atoms with E-state index in [1.165, 1.54) is 16.9 Å². The minimum atomic E-state index is -0.588. The van der Waals surface area contributed by atoms with Gasteiger partial charge in [0.25, 0.3) is 0 Å². The average Bonchev–Trinajstić information content (AvgIpc) is 3.08. The van der Waals surface area contributed by atoms with E-state index in [1.54, 1.807) is 0 Å². The van der Waals surface area contributed by atoms with Crippen LogP contribution in [0.1, 0.15) is 35.5 Å². The number of hydrogen-bond acceptors (Lipinski definition) is 4. The Balaban J connectivity index is 1.93. The van der Waals surface area contributed by atoms with Crippen LogP contribution < -0.4 is 5.73 Å². The quantitative estimate of drug-likeness (QED) is 0.937. The molecule has 2 heterocycles. The van der Waals surface area contributed by atoms with Gasteiger partial charge in [0.15, 0.2) is 12.0 Å². The van der Waals surface area contributed by atoms with Gasteiger partial charge in [-0.05, 0) is 29.0 Å². The molecule has 3 nitrogen and oxygen atoms in total. The summed E-state index contributed by atoms with van der Waals surface area (Å²) in [6, 6.07) is 11.8. The van der Waals surface area contributed by atoms with Gasteiger partial charge in [0.05, 0.1) is 10.5 Å². The van der Waals surface area contributed by atoms with Crippen LogP contribution in [-0.4, -0.2) is 5.78 Å². The van der Waals surface area contributed by atoms with Gasteiger partial charge in [-0.25, -0.2) is 0 Å². The summed E-state index contributed by atoms with van der Waals surface area (Å²) in [7, 11) is 0. The zero-order chi connectivity index (χ0) is 14.8. The van der Waals surface area contributed by atoms with E-state index in [2.05, 4.69) is 13.0 Å². The highest BCUT2D eigenvalue weighted by Gasteiger charge is 2.36. The Morgan fingerprint density at radius 2 is 2.14 bits per heavy atom. The molecule has 0 saturated carbocycles. The molecule has 0 spiro atoms. The van der Waals surface area contributed by atoms with E-state index in [0.29, 0.717) is 5.57 Å². The highest BCUT2D eigenvalue weighted by molar-refractivity contribution is 7.10. The lowest BCUT2D eigenvalue weighted by atomic mass is 9.97. The third kappa shape index (κ3) is 2.59. The Bertz CT molecular complexity index is 689. The smallest absolute Gasteiger partial charge is 0.214 e. The van der Waals surface area contributed by atoms with Crippen LogP contribution in [0.25, 0.3) is 5.57 Å². The van der Waals surface area contributed by atoms with E-state index in [4.69, 9.17) is 10.5 Å². The van der Waals surface area contributed by atoms with E-state index in [0.717, 1.165) is 23.3 Å². The largest absolute Gasteiger partial charge is 0.461 e. The van der Waals surface area contributed by atoms with Crippen LogP contribution in [0.4, 0.5) is 0 Å². The maximum Gasteiger partial charge on any atom is 0.214 e. The first-order valence-corrected chi connectivity index (χ1v) is 7.92.